The number of benzene rings is 3. The van der Waals surface area contributed by atoms with Gasteiger partial charge in [0.1, 0.15) is 6.04 Å². The molecular weight excluding hydrogens is 507 g/mol. The lowest BCUT2D eigenvalue weighted by molar-refractivity contribution is -0.140. The average molecular weight is 542 g/mol. The van der Waals surface area contributed by atoms with Crippen molar-refractivity contribution in [1.82, 2.24) is 10.2 Å². The number of hydrogen-bond donors (Lipinski definition) is 1. The third-order valence-corrected chi connectivity index (χ3v) is 6.38. The first kappa shape index (κ1) is 28.7. The largest absolute Gasteiger partial charge is 0.379 e. The van der Waals surface area contributed by atoms with E-state index < -0.39 is 6.04 Å². The normalized spacial score (nSPS) is 11.8. The zero-order chi connectivity index (χ0) is 26.6. The predicted octanol–water partition coefficient (Wildman–Crippen LogP) is 6.11. The van der Waals surface area contributed by atoms with Gasteiger partial charge in [0, 0.05) is 36.2 Å². The summed E-state index contributed by atoms with van der Waals surface area (Å²) in [4.78, 5) is 28.9. The van der Waals surface area contributed by atoms with E-state index in [2.05, 4.69) is 5.32 Å². The average Bonchev–Trinajstić information content (AvgIpc) is 2.88. The molecule has 0 aliphatic rings. The van der Waals surface area contributed by atoms with Crippen LogP contribution in [-0.2, 0) is 33.7 Å². The molecule has 3 rings (SSSR count). The van der Waals surface area contributed by atoms with Gasteiger partial charge in [-0.05, 0) is 61.2 Å². The fourth-order valence-corrected chi connectivity index (χ4v) is 4.19. The number of halogens is 2. The SMILES string of the molecule is CC(C)OCCCNC(=O)[C@@H](Cc1ccccc1)N(Cc1ccc(Cl)cc1)C(=O)Cc1ccc(Cl)cc1. The molecule has 0 unspecified atom stereocenters. The van der Waals surface area contributed by atoms with Crippen LogP contribution in [0.3, 0.4) is 0 Å². The summed E-state index contributed by atoms with van der Waals surface area (Å²) in [6, 6.07) is 23.6. The first-order chi connectivity index (χ1) is 17.8. The molecule has 1 atom stereocenters. The minimum atomic E-state index is -0.691. The molecule has 0 radical (unpaired) electrons. The second-order valence-corrected chi connectivity index (χ2v) is 10.1. The summed E-state index contributed by atoms with van der Waals surface area (Å²) >= 11 is 12.1. The van der Waals surface area contributed by atoms with Crippen LogP contribution >= 0.6 is 23.2 Å². The quantitative estimate of drug-likeness (QED) is 0.266. The Kier molecular flexibility index (Phi) is 11.5. The molecular formula is C30H34Cl2N2O3. The van der Waals surface area contributed by atoms with E-state index in [4.69, 9.17) is 27.9 Å². The zero-order valence-corrected chi connectivity index (χ0v) is 22.8. The molecule has 0 saturated carbocycles. The van der Waals surface area contributed by atoms with Crippen molar-refractivity contribution in [3.63, 3.8) is 0 Å². The number of nitrogens with one attached hydrogen (secondary N) is 1. The van der Waals surface area contributed by atoms with Crippen LogP contribution in [0.4, 0.5) is 0 Å². The second-order valence-electron chi connectivity index (χ2n) is 9.22. The number of carbonyl (C=O) groups excluding carboxylic acids is 2. The Balaban J connectivity index is 1.86. The molecule has 0 fully saturated rings. The van der Waals surface area contributed by atoms with Crippen molar-refractivity contribution in [3.05, 3.63) is 106 Å². The number of rotatable bonds is 13. The zero-order valence-electron chi connectivity index (χ0n) is 21.3. The Morgan fingerprint density at radius 3 is 2.03 bits per heavy atom. The minimum Gasteiger partial charge on any atom is -0.379 e. The van der Waals surface area contributed by atoms with Crippen molar-refractivity contribution in [2.75, 3.05) is 13.2 Å². The first-order valence-electron chi connectivity index (χ1n) is 12.5. The lowest BCUT2D eigenvalue weighted by Crippen LogP contribution is -2.51. The summed E-state index contributed by atoms with van der Waals surface area (Å²) in [7, 11) is 0. The highest BCUT2D eigenvalue weighted by molar-refractivity contribution is 6.30. The van der Waals surface area contributed by atoms with Crippen LogP contribution in [0.5, 0.6) is 0 Å². The van der Waals surface area contributed by atoms with Crippen molar-refractivity contribution in [2.45, 2.75) is 51.8 Å². The summed E-state index contributed by atoms with van der Waals surface area (Å²) in [6.45, 7) is 5.28. The van der Waals surface area contributed by atoms with Crippen molar-refractivity contribution >= 4 is 35.0 Å². The summed E-state index contributed by atoms with van der Waals surface area (Å²) in [5.41, 5.74) is 2.71. The third-order valence-electron chi connectivity index (χ3n) is 5.88. The number of hydrogen-bond acceptors (Lipinski definition) is 3. The van der Waals surface area contributed by atoms with Crippen molar-refractivity contribution in [1.29, 1.82) is 0 Å². The van der Waals surface area contributed by atoms with Gasteiger partial charge in [-0.25, -0.2) is 0 Å². The fraction of sp³-hybridized carbons (Fsp3) is 0.333. The van der Waals surface area contributed by atoms with E-state index >= 15 is 0 Å². The van der Waals surface area contributed by atoms with Gasteiger partial charge in [-0.15, -0.1) is 0 Å². The summed E-state index contributed by atoms with van der Waals surface area (Å²) < 4.78 is 5.59. The van der Waals surface area contributed by atoms with Crippen molar-refractivity contribution < 1.29 is 14.3 Å². The van der Waals surface area contributed by atoms with E-state index in [1.165, 1.54) is 0 Å². The van der Waals surface area contributed by atoms with E-state index in [9.17, 15) is 9.59 Å². The van der Waals surface area contributed by atoms with Gasteiger partial charge in [-0.1, -0.05) is 77.8 Å². The van der Waals surface area contributed by atoms with Gasteiger partial charge in [0.05, 0.1) is 12.5 Å². The van der Waals surface area contributed by atoms with Gasteiger partial charge < -0.3 is 15.0 Å². The minimum absolute atomic E-state index is 0.141. The third kappa shape index (κ3) is 9.84. The van der Waals surface area contributed by atoms with Gasteiger partial charge in [-0.3, -0.25) is 9.59 Å². The molecule has 5 nitrogen and oxygen atoms in total. The molecule has 0 heterocycles. The lowest BCUT2D eigenvalue weighted by Gasteiger charge is -2.32. The fourth-order valence-electron chi connectivity index (χ4n) is 3.94. The first-order valence-corrected chi connectivity index (χ1v) is 13.3. The summed E-state index contributed by atoms with van der Waals surface area (Å²) in [5.74, 6) is -0.330. The number of ether oxygens (including phenoxy) is 1. The molecule has 0 aliphatic heterocycles. The summed E-state index contributed by atoms with van der Waals surface area (Å²) in [5, 5.41) is 4.25. The van der Waals surface area contributed by atoms with Crippen LogP contribution in [-0.4, -0.2) is 42.0 Å². The summed E-state index contributed by atoms with van der Waals surface area (Å²) in [6.07, 6.45) is 1.39. The Labute approximate surface area is 229 Å². The lowest BCUT2D eigenvalue weighted by atomic mass is 10.0. The van der Waals surface area contributed by atoms with E-state index in [0.717, 1.165) is 16.7 Å². The van der Waals surface area contributed by atoms with Crippen LogP contribution < -0.4 is 5.32 Å². The van der Waals surface area contributed by atoms with Gasteiger partial charge in [-0.2, -0.15) is 0 Å². The van der Waals surface area contributed by atoms with Gasteiger partial charge in [0.15, 0.2) is 0 Å². The van der Waals surface area contributed by atoms with Crippen LogP contribution in [0, 0.1) is 0 Å². The molecule has 0 aromatic heterocycles. The Bertz CT molecular complexity index is 1120. The predicted molar refractivity (Wildman–Crippen MR) is 150 cm³/mol. The smallest absolute Gasteiger partial charge is 0.243 e. The monoisotopic (exact) mass is 540 g/mol. The van der Waals surface area contributed by atoms with E-state index in [1.807, 2.05) is 68.4 Å². The molecule has 3 aromatic rings. The maximum Gasteiger partial charge on any atom is 0.243 e. The molecule has 196 valence electrons. The van der Waals surface area contributed by atoms with Crippen LogP contribution in [0.1, 0.15) is 37.0 Å². The van der Waals surface area contributed by atoms with Crippen molar-refractivity contribution in [2.24, 2.45) is 0 Å². The van der Waals surface area contributed by atoms with Gasteiger partial charge >= 0.3 is 0 Å². The Morgan fingerprint density at radius 2 is 1.43 bits per heavy atom. The molecule has 37 heavy (non-hydrogen) atoms. The maximum atomic E-state index is 13.7. The standard InChI is InChI=1S/C30H34Cl2N2O3/c1-22(2)37-18-6-17-33-30(36)28(19-23-7-4-3-5-8-23)34(21-25-11-15-27(32)16-12-25)29(35)20-24-9-13-26(31)14-10-24/h3-5,7-16,22,28H,6,17-21H2,1-2H3,(H,33,36)/t28-/m1/s1. The van der Waals surface area contributed by atoms with Gasteiger partial charge in [0.2, 0.25) is 11.8 Å². The number of carbonyl (C=O) groups is 2. The highest BCUT2D eigenvalue weighted by Gasteiger charge is 2.30. The molecule has 0 bridgehead atoms. The second kappa shape index (κ2) is 14.8. The molecule has 2 amide bonds. The number of nitrogens with zero attached hydrogens (tertiary/aromatic N) is 1. The topological polar surface area (TPSA) is 58.6 Å². The molecule has 0 aliphatic carbocycles. The highest BCUT2D eigenvalue weighted by atomic mass is 35.5. The van der Waals surface area contributed by atoms with Crippen LogP contribution in [0.25, 0.3) is 0 Å². The number of amides is 2. The molecule has 1 N–H and O–H groups in total. The molecule has 3 aromatic carbocycles. The van der Waals surface area contributed by atoms with Gasteiger partial charge in [0.25, 0.3) is 0 Å². The van der Waals surface area contributed by atoms with E-state index in [-0.39, 0.29) is 30.9 Å². The Morgan fingerprint density at radius 1 is 0.838 bits per heavy atom. The van der Waals surface area contributed by atoms with Crippen LogP contribution in [0.15, 0.2) is 78.9 Å². The molecule has 0 spiro atoms. The van der Waals surface area contributed by atoms with E-state index in [1.54, 1.807) is 29.2 Å². The molecule has 7 heteroatoms. The van der Waals surface area contributed by atoms with Crippen LogP contribution in [0.2, 0.25) is 10.0 Å². The Hall–Kier alpha value is -2.86. The highest BCUT2D eigenvalue weighted by Crippen LogP contribution is 2.19. The van der Waals surface area contributed by atoms with Crippen molar-refractivity contribution in [3.8, 4) is 0 Å². The molecule has 0 saturated heterocycles. The maximum absolute atomic E-state index is 13.7. The van der Waals surface area contributed by atoms with E-state index in [0.29, 0.717) is 36.0 Å².